The lowest BCUT2D eigenvalue weighted by Gasteiger charge is -2.37. The third-order valence-electron chi connectivity index (χ3n) is 7.13. The van der Waals surface area contributed by atoms with E-state index in [9.17, 15) is 17.6 Å². The van der Waals surface area contributed by atoms with Crippen LogP contribution in [-0.2, 0) is 6.18 Å². The van der Waals surface area contributed by atoms with E-state index in [0.29, 0.717) is 11.5 Å². The number of rotatable bonds is 3. The summed E-state index contributed by atoms with van der Waals surface area (Å²) in [6.45, 7) is 0. The van der Waals surface area contributed by atoms with Gasteiger partial charge in [0.1, 0.15) is 5.82 Å². The van der Waals surface area contributed by atoms with E-state index in [1.54, 1.807) is 0 Å². The van der Waals surface area contributed by atoms with Crippen molar-refractivity contribution in [2.24, 2.45) is 11.8 Å². The molecule has 2 fully saturated rings. The Labute approximate surface area is 189 Å². The molecule has 0 saturated heterocycles. The second-order valence-electron chi connectivity index (χ2n) is 8.94. The monoisotopic (exact) mass is 530 g/mol. The number of benzene rings is 2. The molecule has 4 rings (SSSR count). The summed E-state index contributed by atoms with van der Waals surface area (Å²) in [5.74, 6) is 1.12. The van der Waals surface area contributed by atoms with Crippen molar-refractivity contribution in [2.45, 2.75) is 67.4 Å². The van der Waals surface area contributed by atoms with Crippen LogP contribution in [0.1, 0.15) is 68.4 Å². The van der Waals surface area contributed by atoms with Gasteiger partial charge in [0.2, 0.25) is 0 Å². The third-order valence-corrected chi connectivity index (χ3v) is 8.38. The van der Waals surface area contributed by atoms with E-state index in [-0.39, 0.29) is 0 Å². The minimum absolute atomic E-state index is 0.474. The van der Waals surface area contributed by atoms with Crippen molar-refractivity contribution in [3.8, 4) is 11.1 Å². The van der Waals surface area contributed by atoms with Gasteiger partial charge in [-0.3, -0.25) is 0 Å². The fourth-order valence-electron chi connectivity index (χ4n) is 5.35. The third kappa shape index (κ3) is 5.03. The Kier molecular flexibility index (Phi) is 6.76. The van der Waals surface area contributed by atoms with E-state index in [0.717, 1.165) is 33.5 Å². The summed E-state index contributed by atoms with van der Waals surface area (Å²) in [7, 11) is 0. The van der Waals surface area contributed by atoms with E-state index >= 15 is 0 Å². The molecule has 5 heteroatoms. The Morgan fingerprint density at radius 1 is 0.700 bits per heavy atom. The van der Waals surface area contributed by atoms with Gasteiger partial charge in [0.05, 0.1) is 5.56 Å². The Balaban J connectivity index is 1.38. The predicted molar refractivity (Wildman–Crippen MR) is 121 cm³/mol. The summed E-state index contributed by atoms with van der Waals surface area (Å²) < 4.78 is 53.1. The van der Waals surface area contributed by atoms with Gasteiger partial charge in [0.15, 0.2) is 0 Å². The first-order chi connectivity index (χ1) is 14.3. The fraction of sp³-hybridized carbons (Fsp3) is 0.520. The van der Waals surface area contributed by atoms with Crippen LogP contribution in [0.5, 0.6) is 0 Å². The molecule has 0 spiro atoms. The Bertz CT molecular complexity index is 842. The highest BCUT2D eigenvalue weighted by Gasteiger charge is 2.34. The first kappa shape index (κ1) is 22.1. The largest absolute Gasteiger partial charge is 0.419 e. The van der Waals surface area contributed by atoms with E-state index in [4.69, 9.17) is 0 Å². The van der Waals surface area contributed by atoms with E-state index in [1.807, 2.05) is 12.1 Å². The highest BCUT2D eigenvalue weighted by molar-refractivity contribution is 14.1. The smallest absolute Gasteiger partial charge is 0.206 e. The molecule has 0 aromatic heterocycles. The average molecular weight is 530 g/mol. The van der Waals surface area contributed by atoms with Crippen LogP contribution < -0.4 is 0 Å². The van der Waals surface area contributed by atoms with Crippen LogP contribution in [0.4, 0.5) is 17.6 Å². The van der Waals surface area contributed by atoms with Crippen LogP contribution in [0, 0.1) is 17.7 Å². The van der Waals surface area contributed by atoms with Crippen molar-refractivity contribution in [3.63, 3.8) is 0 Å². The molecule has 162 valence electrons. The molecule has 0 radical (unpaired) electrons. The Hall–Kier alpha value is -1.11. The summed E-state index contributed by atoms with van der Waals surface area (Å²) in [4.78, 5) is 0. The number of hydrogen-bond acceptors (Lipinski definition) is 0. The van der Waals surface area contributed by atoms with Gasteiger partial charge in [-0.2, -0.15) is 13.2 Å². The number of hydrogen-bond donors (Lipinski definition) is 0. The maximum Gasteiger partial charge on any atom is 0.419 e. The second-order valence-corrected chi connectivity index (χ2v) is 10.7. The van der Waals surface area contributed by atoms with Crippen LogP contribution in [0.25, 0.3) is 11.1 Å². The molecule has 0 unspecified atom stereocenters. The molecule has 0 atom stereocenters. The van der Waals surface area contributed by atoms with Crippen LogP contribution in [0.3, 0.4) is 0 Å². The second kappa shape index (κ2) is 9.17. The van der Waals surface area contributed by atoms with Gasteiger partial charge in [-0.1, -0.05) is 52.9 Å². The van der Waals surface area contributed by atoms with Gasteiger partial charge in [0.25, 0.3) is 0 Å². The SMILES string of the molecule is Fc1cc(-c2ccc(C3CCC(C4CCC(I)CC4)CC3)cc2)ccc1C(F)(F)F. The van der Waals surface area contributed by atoms with Crippen molar-refractivity contribution in [1.29, 1.82) is 0 Å². The van der Waals surface area contributed by atoms with Gasteiger partial charge in [0, 0.05) is 3.92 Å². The minimum atomic E-state index is -4.67. The summed E-state index contributed by atoms with van der Waals surface area (Å²) in [6, 6.07) is 11.1. The van der Waals surface area contributed by atoms with E-state index in [1.165, 1.54) is 63.0 Å². The summed E-state index contributed by atoms with van der Waals surface area (Å²) in [5.41, 5.74) is 1.30. The standard InChI is InChI=1S/C25H27F4I/c26-24-15-21(11-14-23(24)25(27,28)29)20-7-5-17(6-8-20)16-1-3-18(4-2-16)19-9-12-22(30)13-10-19/h5-8,11,14-16,18-19,22H,1-4,9-10,12-13H2. The van der Waals surface area contributed by atoms with Gasteiger partial charge in [-0.25, -0.2) is 4.39 Å². The molecule has 2 aliphatic rings. The van der Waals surface area contributed by atoms with Crippen LogP contribution in [0.2, 0.25) is 0 Å². The van der Waals surface area contributed by atoms with Gasteiger partial charge >= 0.3 is 6.18 Å². The molecule has 30 heavy (non-hydrogen) atoms. The molecule has 2 saturated carbocycles. The van der Waals surface area contributed by atoms with E-state index in [2.05, 4.69) is 34.7 Å². The maximum atomic E-state index is 13.9. The average Bonchev–Trinajstić information content (AvgIpc) is 2.74. The van der Waals surface area contributed by atoms with Crippen LogP contribution >= 0.6 is 22.6 Å². The molecule has 0 N–H and O–H groups in total. The molecule has 0 bridgehead atoms. The molecular formula is C25H27F4I. The van der Waals surface area contributed by atoms with Gasteiger partial charge < -0.3 is 0 Å². The maximum absolute atomic E-state index is 13.9. The predicted octanol–water partition coefficient (Wildman–Crippen LogP) is 8.78. The van der Waals surface area contributed by atoms with Crippen molar-refractivity contribution in [1.82, 2.24) is 0 Å². The van der Waals surface area contributed by atoms with Crippen LogP contribution in [-0.4, -0.2) is 3.92 Å². The lowest BCUT2D eigenvalue weighted by atomic mass is 9.70. The Morgan fingerprint density at radius 3 is 1.77 bits per heavy atom. The molecule has 2 aromatic carbocycles. The zero-order chi connectivity index (χ0) is 21.3. The quantitative estimate of drug-likeness (QED) is 0.211. The molecular weight excluding hydrogens is 503 g/mol. The van der Waals surface area contributed by atoms with Gasteiger partial charge in [-0.05, 0) is 97.9 Å². The van der Waals surface area contributed by atoms with Crippen molar-refractivity contribution in [2.75, 3.05) is 0 Å². The lowest BCUT2D eigenvalue weighted by molar-refractivity contribution is -0.139. The van der Waals surface area contributed by atoms with Crippen molar-refractivity contribution >= 4 is 22.6 Å². The zero-order valence-electron chi connectivity index (χ0n) is 16.9. The lowest BCUT2D eigenvalue weighted by Crippen LogP contribution is -2.25. The first-order valence-corrected chi connectivity index (χ1v) is 12.2. The fourth-order valence-corrected chi connectivity index (χ4v) is 6.07. The summed E-state index contributed by atoms with van der Waals surface area (Å²) in [6.07, 6.45) is 5.88. The number of alkyl halides is 4. The van der Waals surface area contributed by atoms with Crippen LogP contribution in [0.15, 0.2) is 42.5 Å². The molecule has 2 aromatic rings. The topological polar surface area (TPSA) is 0 Å². The molecule has 0 aliphatic heterocycles. The van der Waals surface area contributed by atoms with Gasteiger partial charge in [-0.15, -0.1) is 0 Å². The molecule has 0 heterocycles. The highest BCUT2D eigenvalue weighted by atomic mass is 127. The minimum Gasteiger partial charge on any atom is -0.206 e. The molecule has 2 aliphatic carbocycles. The first-order valence-electron chi connectivity index (χ1n) is 10.9. The van der Waals surface area contributed by atoms with E-state index < -0.39 is 17.6 Å². The molecule has 0 amide bonds. The number of halogens is 5. The summed E-state index contributed by atoms with van der Waals surface area (Å²) in [5, 5.41) is 0. The van der Waals surface area contributed by atoms with Crippen molar-refractivity contribution < 1.29 is 17.6 Å². The Morgan fingerprint density at radius 2 is 1.23 bits per heavy atom. The zero-order valence-corrected chi connectivity index (χ0v) is 19.1. The normalized spacial score (nSPS) is 27.8. The summed E-state index contributed by atoms with van der Waals surface area (Å²) >= 11 is 2.59. The molecule has 0 nitrogen and oxygen atoms in total. The van der Waals surface area contributed by atoms with Crippen molar-refractivity contribution in [3.05, 3.63) is 59.4 Å². The highest BCUT2D eigenvalue weighted by Crippen LogP contribution is 2.44.